The van der Waals surface area contributed by atoms with Crippen molar-refractivity contribution in [3.63, 3.8) is 0 Å². The molecule has 0 aliphatic carbocycles. The monoisotopic (exact) mass is 702 g/mol. The molecule has 50 heavy (non-hydrogen) atoms. The maximum absolute atomic E-state index is 12.8. The molecular formula is C40H58N4O5Si. The normalized spacial score (nSPS) is 16.5. The van der Waals surface area contributed by atoms with Crippen molar-refractivity contribution >= 4 is 29.7 Å². The topological polar surface area (TPSA) is 99.9 Å². The van der Waals surface area contributed by atoms with Crippen LogP contribution in [0.2, 0.25) is 5.04 Å². The molecule has 272 valence electrons. The van der Waals surface area contributed by atoms with Crippen LogP contribution in [-0.2, 0) is 27.5 Å². The summed E-state index contributed by atoms with van der Waals surface area (Å²) in [5, 5.41) is 5.42. The van der Waals surface area contributed by atoms with Crippen molar-refractivity contribution in [2.24, 2.45) is 5.41 Å². The van der Waals surface area contributed by atoms with E-state index >= 15 is 0 Å². The van der Waals surface area contributed by atoms with Crippen molar-refractivity contribution in [1.82, 2.24) is 19.9 Å². The molecule has 0 atom stereocenters. The zero-order valence-electron chi connectivity index (χ0n) is 31.4. The Kier molecular flexibility index (Phi) is 11.9. The van der Waals surface area contributed by atoms with Crippen molar-refractivity contribution in [3.05, 3.63) is 78.8 Å². The highest BCUT2D eigenvalue weighted by Gasteiger charge is 2.51. The first kappa shape index (κ1) is 38.1. The summed E-state index contributed by atoms with van der Waals surface area (Å²) in [5.74, 6) is -0.0925. The van der Waals surface area contributed by atoms with Crippen LogP contribution in [0.5, 0.6) is 5.88 Å². The quantitative estimate of drug-likeness (QED) is 0.100. The number of aromatic nitrogens is 3. The molecule has 2 aromatic carbocycles. The van der Waals surface area contributed by atoms with Gasteiger partial charge in [0.1, 0.15) is 29.7 Å². The fourth-order valence-electron chi connectivity index (χ4n) is 6.78. The van der Waals surface area contributed by atoms with E-state index in [2.05, 4.69) is 66.1 Å². The van der Waals surface area contributed by atoms with E-state index in [-0.39, 0.29) is 10.5 Å². The molecule has 1 saturated heterocycles. The van der Waals surface area contributed by atoms with E-state index in [0.29, 0.717) is 45.5 Å². The fourth-order valence-corrected chi connectivity index (χ4v) is 10.5. The molecule has 0 saturated carbocycles. The van der Waals surface area contributed by atoms with Gasteiger partial charge >= 0.3 is 0 Å². The van der Waals surface area contributed by atoms with Gasteiger partial charge in [-0.25, -0.2) is 4.98 Å². The molecule has 0 spiro atoms. The van der Waals surface area contributed by atoms with E-state index in [1.165, 1.54) is 0 Å². The zero-order chi connectivity index (χ0) is 36.0. The minimum absolute atomic E-state index is 0.299. The average molecular weight is 703 g/mol. The van der Waals surface area contributed by atoms with Gasteiger partial charge in [0.25, 0.3) is 8.32 Å². The van der Waals surface area contributed by atoms with Gasteiger partial charge in [0.2, 0.25) is 5.88 Å². The summed E-state index contributed by atoms with van der Waals surface area (Å²) in [4.78, 5) is 22.0. The highest BCUT2D eigenvalue weighted by atomic mass is 28.4. The van der Waals surface area contributed by atoms with E-state index in [4.69, 9.17) is 23.9 Å². The summed E-state index contributed by atoms with van der Waals surface area (Å²) in [6.45, 7) is 20.1. The van der Waals surface area contributed by atoms with Crippen LogP contribution in [0.25, 0.3) is 11.0 Å². The molecule has 10 heteroatoms. The first-order valence-corrected chi connectivity index (χ1v) is 20.0. The number of unbranched alkanes of at least 4 members (excludes halogenated alkanes) is 1. The number of hydrogen-bond acceptors (Lipinski definition) is 8. The Morgan fingerprint density at radius 3 is 2.14 bits per heavy atom. The average Bonchev–Trinajstić information content (AvgIpc) is 3.45. The third-order valence-electron chi connectivity index (χ3n) is 9.88. The van der Waals surface area contributed by atoms with Crippen molar-refractivity contribution in [2.45, 2.75) is 111 Å². The second kappa shape index (κ2) is 15.6. The van der Waals surface area contributed by atoms with Gasteiger partial charge < -0.3 is 33.6 Å². The predicted octanol–water partition coefficient (Wildman–Crippen LogP) is 6.55. The number of fused-ring (bicyclic) bond motifs is 1. The highest BCUT2D eigenvalue weighted by molar-refractivity contribution is 6.98. The van der Waals surface area contributed by atoms with Crippen LogP contribution in [0.3, 0.4) is 0 Å². The minimum Gasteiger partial charge on any atom is -0.470 e. The molecule has 5 rings (SSSR count). The van der Waals surface area contributed by atoms with Crippen molar-refractivity contribution in [1.29, 1.82) is 0 Å². The third kappa shape index (κ3) is 8.84. The van der Waals surface area contributed by atoms with E-state index in [1.54, 1.807) is 6.33 Å². The number of hydrogen-bond donors (Lipinski definition) is 2. The van der Waals surface area contributed by atoms with Gasteiger partial charge in [-0.2, -0.15) is 4.98 Å². The van der Waals surface area contributed by atoms with Gasteiger partial charge in [0.15, 0.2) is 5.79 Å². The number of nitrogens with zero attached hydrogens (tertiary/aromatic N) is 3. The Morgan fingerprint density at radius 2 is 1.56 bits per heavy atom. The Bertz CT molecular complexity index is 1620. The summed E-state index contributed by atoms with van der Waals surface area (Å²) in [7, 11) is -3.17. The lowest BCUT2D eigenvalue weighted by Crippen LogP contribution is -2.65. The summed E-state index contributed by atoms with van der Waals surface area (Å²) in [6.07, 6.45) is 7.37. The Balaban J connectivity index is 1.39. The minimum atomic E-state index is -3.17. The van der Waals surface area contributed by atoms with Crippen LogP contribution in [0.4, 0.5) is 0 Å². The van der Waals surface area contributed by atoms with Gasteiger partial charge in [-0.05, 0) is 69.3 Å². The second-order valence-corrected chi connectivity index (χ2v) is 19.9. The second-order valence-electron chi connectivity index (χ2n) is 16.0. The smallest absolute Gasteiger partial charge is 0.258 e. The maximum Gasteiger partial charge on any atom is 0.258 e. The zero-order valence-corrected chi connectivity index (χ0v) is 32.4. The van der Waals surface area contributed by atoms with Gasteiger partial charge in [0.05, 0.1) is 13.2 Å². The van der Waals surface area contributed by atoms with Crippen LogP contribution in [0.1, 0.15) is 86.6 Å². The molecule has 0 bridgehead atoms. The molecule has 1 aliphatic rings. The van der Waals surface area contributed by atoms with E-state index < -0.39 is 19.7 Å². The van der Waals surface area contributed by atoms with Gasteiger partial charge in [0, 0.05) is 36.9 Å². The first-order chi connectivity index (χ1) is 23.7. The fraction of sp³-hybridized carbons (Fsp3) is 0.550. The van der Waals surface area contributed by atoms with Gasteiger partial charge in [-0.3, -0.25) is 0 Å². The molecule has 0 radical (unpaired) electrons. The van der Waals surface area contributed by atoms with E-state index in [1.807, 2.05) is 71.0 Å². The number of benzene rings is 2. The number of ether oxygens (including phenoxy) is 4. The van der Waals surface area contributed by atoms with Crippen LogP contribution < -0.4 is 20.4 Å². The molecule has 3 heterocycles. The molecule has 2 aromatic heterocycles. The molecular weight excluding hydrogens is 645 g/mol. The maximum atomic E-state index is 12.8. The van der Waals surface area contributed by atoms with Crippen molar-refractivity contribution in [2.75, 3.05) is 26.4 Å². The van der Waals surface area contributed by atoms with Gasteiger partial charge in [-0.15, -0.1) is 0 Å². The summed E-state index contributed by atoms with van der Waals surface area (Å²) in [5.41, 5.74) is 2.02. The highest BCUT2D eigenvalue weighted by Crippen LogP contribution is 2.44. The third-order valence-corrected chi connectivity index (χ3v) is 14.4. The molecule has 0 amide bonds. The SMILES string of the molecule is CCCCOCn1cc(CNCC2(CCC(C)(C)[Si](O)(c3ccccc3)c3ccccc3)COC(C)(C)OC2)c2ncnc(OC(C)(C)C)c21. The van der Waals surface area contributed by atoms with Crippen molar-refractivity contribution in [3.8, 4) is 5.88 Å². The molecule has 9 nitrogen and oxygen atoms in total. The molecule has 1 aliphatic heterocycles. The Labute approximate surface area is 299 Å². The standard InChI is InChI=1S/C40H58N4O5Si/c1-9-10-23-46-30-44-25-31(34-35(44)36(43-29-42-34)49-37(2,3)4)24-41-26-40(27-47-39(7,8)48-28-40)22-21-38(5,6)50(45,32-17-13-11-14-18-32)33-19-15-12-16-20-33/h11-20,25,29,41,45H,9-10,21-24,26-28,30H2,1-8H3. The molecule has 1 fully saturated rings. The van der Waals surface area contributed by atoms with Crippen LogP contribution in [0.15, 0.2) is 73.2 Å². The number of nitrogens with one attached hydrogen (secondary N) is 1. The van der Waals surface area contributed by atoms with Crippen LogP contribution in [0, 0.1) is 5.41 Å². The van der Waals surface area contributed by atoms with Crippen molar-refractivity contribution < 1.29 is 23.7 Å². The summed E-state index contributed by atoms with van der Waals surface area (Å²) >= 11 is 0. The lowest BCUT2D eigenvalue weighted by atomic mass is 9.81. The summed E-state index contributed by atoms with van der Waals surface area (Å²) < 4.78 is 27.1. The molecule has 4 aromatic rings. The van der Waals surface area contributed by atoms with E-state index in [0.717, 1.165) is 52.7 Å². The Morgan fingerprint density at radius 1 is 0.940 bits per heavy atom. The number of rotatable bonds is 16. The van der Waals surface area contributed by atoms with Gasteiger partial charge in [-0.1, -0.05) is 87.9 Å². The van der Waals surface area contributed by atoms with E-state index in [9.17, 15) is 4.80 Å². The largest absolute Gasteiger partial charge is 0.470 e. The van der Waals surface area contributed by atoms with Crippen LogP contribution in [-0.4, -0.2) is 65.4 Å². The Hall–Kier alpha value is -3.12. The predicted molar refractivity (Wildman–Crippen MR) is 202 cm³/mol. The summed E-state index contributed by atoms with van der Waals surface area (Å²) in [6, 6.07) is 20.5. The molecule has 2 N–H and O–H groups in total. The molecule has 0 unspecified atom stereocenters. The lowest BCUT2D eigenvalue weighted by molar-refractivity contribution is -0.285. The lowest BCUT2D eigenvalue weighted by Gasteiger charge is -2.47. The first-order valence-electron chi connectivity index (χ1n) is 18.1. The van der Waals surface area contributed by atoms with Crippen LogP contribution >= 0.6 is 0 Å².